The largest absolute Gasteiger partial charge is 0.341 e. The molecule has 2 aromatic rings. The van der Waals surface area contributed by atoms with Crippen molar-refractivity contribution in [2.24, 2.45) is 0 Å². The second kappa shape index (κ2) is 6.02. The molecular weight excluding hydrogens is 256 g/mol. The van der Waals surface area contributed by atoms with Crippen LogP contribution in [0.1, 0.15) is 12.8 Å². The summed E-state index contributed by atoms with van der Waals surface area (Å²) in [6, 6.07) is 7.94. The van der Waals surface area contributed by atoms with Crippen LogP contribution in [0.2, 0.25) is 0 Å². The van der Waals surface area contributed by atoms with Gasteiger partial charge >= 0.3 is 0 Å². The normalized spacial score (nSPS) is 16.5. The van der Waals surface area contributed by atoms with Gasteiger partial charge < -0.3 is 4.90 Å². The molecule has 4 nitrogen and oxygen atoms in total. The molecule has 0 bridgehead atoms. The Morgan fingerprint density at radius 2 is 1.68 bits per heavy atom. The predicted molar refractivity (Wildman–Crippen MR) is 77.4 cm³/mol. The van der Waals surface area contributed by atoms with Crippen molar-refractivity contribution in [1.29, 1.82) is 0 Å². The van der Waals surface area contributed by atoms with Crippen molar-refractivity contribution in [3.05, 3.63) is 42.9 Å². The van der Waals surface area contributed by atoms with Crippen LogP contribution in [0.15, 0.2) is 47.9 Å². The van der Waals surface area contributed by atoms with Gasteiger partial charge in [-0.05, 0) is 31.0 Å². The average Bonchev–Trinajstić information content (AvgIpc) is 2.50. The van der Waals surface area contributed by atoms with Gasteiger partial charge in [-0.1, -0.05) is 6.07 Å². The summed E-state index contributed by atoms with van der Waals surface area (Å²) in [6.07, 6.45) is 7.77. The van der Waals surface area contributed by atoms with E-state index in [2.05, 4.69) is 25.9 Å². The molecule has 0 N–H and O–H groups in total. The lowest BCUT2D eigenvalue weighted by atomic mass is 10.1. The van der Waals surface area contributed by atoms with E-state index < -0.39 is 0 Å². The highest BCUT2D eigenvalue weighted by molar-refractivity contribution is 7.99. The minimum Gasteiger partial charge on any atom is -0.341 e. The Morgan fingerprint density at radius 1 is 0.947 bits per heavy atom. The molecule has 0 saturated carbocycles. The summed E-state index contributed by atoms with van der Waals surface area (Å²) in [5.41, 5.74) is 0. The zero-order valence-electron chi connectivity index (χ0n) is 10.6. The maximum Gasteiger partial charge on any atom is 0.225 e. The van der Waals surface area contributed by atoms with Crippen LogP contribution in [0.4, 0.5) is 5.95 Å². The first-order valence-corrected chi connectivity index (χ1v) is 7.39. The van der Waals surface area contributed by atoms with Crippen LogP contribution in [-0.2, 0) is 0 Å². The van der Waals surface area contributed by atoms with Gasteiger partial charge in [-0.3, -0.25) is 0 Å². The summed E-state index contributed by atoms with van der Waals surface area (Å²) < 4.78 is 0. The maximum absolute atomic E-state index is 4.37. The fourth-order valence-corrected chi connectivity index (χ4v) is 3.28. The van der Waals surface area contributed by atoms with Crippen molar-refractivity contribution in [3.8, 4) is 0 Å². The quantitative estimate of drug-likeness (QED) is 0.859. The molecule has 0 radical (unpaired) electrons. The van der Waals surface area contributed by atoms with Crippen LogP contribution in [-0.4, -0.2) is 33.3 Å². The van der Waals surface area contributed by atoms with Gasteiger partial charge in [0.1, 0.15) is 0 Å². The van der Waals surface area contributed by atoms with E-state index in [0.717, 1.165) is 36.9 Å². The molecule has 0 spiro atoms. The lowest BCUT2D eigenvalue weighted by molar-refractivity contribution is 0.580. The Kier molecular flexibility index (Phi) is 3.93. The molecule has 0 amide bonds. The van der Waals surface area contributed by atoms with Gasteiger partial charge in [0.15, 0.2) is 0 Å². The highest BCUT2D eigenvalue weighted by Gasteiger charge is 2.21. The van der Waals surface area contributed by atoms with Gasteiger partial charge in [-0.15, -0.1) is 11.8 Å². The molecule has 98 valence electrons. The molecule has 3 rings (SSSR count). The number of nitrogens with zero attached hydrogens (tertiary/aromatic N) is 4. The molecule has 0 atom stereocenters. The van der Waals surface area contributed by atoms with Crippen molar-refractivity contribution >= 4 is 17.7 Å². The summed E-state index contributed by atoms with van der Waals surface area (Å²) in [4.78, 5) is 15.2. The van der Waals surface area contributed by atoms with Crippen molar-refractivity contribution in [1.82, 2.24) is 15.0 Å². The average molecular weight is 272 g/mol. The monoisotopic (exact) mass is 272 g/mol. The lowest BCUT2D eigenvalue weighted by Gasteiger charge is -2.31. The van der Waals surface area contributed by atoms with E-state index in [-0.39, 0.29) is 0 Å². The van der Waals surface area contributed by atoms with Crippen LogP contribution in [0.3, 0.4) is 0 Å². The Hall–Kier alpha value is -1.62. The second-order valence-electron chi connectivity index (χ2n) is 4.52. The van der Waals surface area contributed by atoms with Crippen LogP contribution >= 0.6 is 11.8 Å². The first-order chi connectivity index (χ1) is 9.42. The van der Waals surface area contributed by atoms with Crippen molar-refractivity contribution in [2.45, 2.75) is 23.1 Å². The zero-order valence-corrected chi connectivity index (χ0v) is 11.5. The van der Waals surface area contributed by atoms with E-state index in [4.69, 9.17) is 0 Å². The number of hydrogen-bond donors (Lipinski definition) is 0. The molecule has 5 heteroatoms. The second-order valence-corrected chi connectivity index (χ2v) is 5.84. The summed E-state index contributed by atoms with van der Waals surface area (Å²) >= 11 is 1.88. The van der Waals surface area contributed by atoms with Crippen LogP contribution < -0.4 is 4.90 Å². The van der Waals surface area contributed by atoms with Gasteiger partial charge in [0.25, 0.3) is 0 Å². The van der Waals surface area contributed by atoms with E-state index in [9.17, 15) is 0 Å². The third-order valence-electron chi connectivity index (χ3n) is 3.20. The molecule has 1 aliphatic heterocycles. The molecule has 0 aliphatic carbocycles. The smallest absolute Gasteiger partial charge is 0.225 e. The number of aromatic nitrogens is 3. The first kappa shape index (κ1) is 12.4. The van der Waals surface area contributed by atoms with Crippen molar-refractivity contribution in [3.63, 3.8) is 0 Å². The molecule has 1 saturated heterocycles. The van der Waals surface area contributed by atoms with Gasteiger partial charge in [-0.2, -0.15) is 0 Å². The molecular formula is C14H16N4S. The fourth-order valence-electron chi connectivity index (χ4n) is 2.22. The summed E-state index contributed by atoms with van der Waals surface area (Å²) in [7, 11) is 0. The molecule has 3 heterocycles. The van der Waals surface area contributed by atoms with E-state index >= 15 is 0 Å². The van der Waals surface area contributed by atoms with E-state index in [1.165, 1.54) is 0 Å². The Labute approximate surface area is 117 Å². The Bertz CT molecular complexity index is 497. The molecule has 0 aromatic carbocycles. The fraction of sp³-hybridized carbons (Fsp3) is 0.357. The number of pyridine rings is 1. The topological polar surface area (TPSA) is 41.9 Å². The van der Waals surface area contributed by atoms with Gasteiger partial charge in [0.05, 0.1) is 5.03 Å². The highest BCUT2D eigenvalue weighted by Crippen LogP contribution is 2.29. The SMILES string of the molecule is c1ccc(SC2CCN(c3ncccn3)CC2)nc1. The van der Waals surface area contributed by atoms with E-state index in [0.29, 0.717) is 5.25 Å². The molecule has 2 aromatic heterocycles. The zero-order chi connectivity index (χ0) is 12.9. The van der Waals surface area contributed by atoms with Crippen molar-refractivity contribution in [2.75, 3.05) is 18.0 Å². The minimum atomic E-state index is 0.648. The number of hydrogen-bond acceptors (Lipinski definition) is 5. The summed E-state index contributed by atoms with van der Waals surface area (Å²) in [5, 5.41) is 1.77. The third-order valence-corrected chi connectivity index (χ3v) is 4.49. The number of anilines is 1. The van der Waals surface area contributed by atoms with E-state index in [1.807, 2.05) is 36.2 Å². The number of thioether (sulfide) groups is 1. The van der Waals surface area contributed by atoms with Crippen LogP contribution in [0.5, 0.6) is 0 Å². The molecule has 1 fully saturated rings. The third kappa shape index (κ3) is 3.23. The van der Waals surface area contributed by atoms with Gasteiger partial charge in [-0.25, -0.2) is 15.0 Å². The number of piperidine rings is 1. The molecule has 1 aliphatic rings. The molecule has 0 unspecified atom stereocenters. The first-order valence-electron chi connectivity index (χ1n) is 6.51. The lowest BCUT2D eigenvalue weighted by Crippen LogP contribution is -2.35. The molecule has 19 heavy (non-hydrogen) atoms. The number of rotatable bonds is 3. The Morgan fingerprint density at radius 3 is 2.37 bits per heavy atom. The van der Waals surface area contributed by atoms with Crippen molar-refractivity contribution < 1.29 is 0 Å². The highest BCUT2D eigenvalue weighted by atomic mass is 32.2. The Balaban J connectivity index is 1.55. The van der Waals surface area contributed by atoms with Crippen LogP contribution in [0.25, 0.3) is 0 Å². The summed E-state index contributed by atoms with van der Waals surface area (Å²) in [5.74, 6) is 0.851. The van der Waals surface area contributed by atoms with Gasteiger partial charge in [0, 0.05) is 36.9 Å². The standard InChI is InChI=1S/C14H16N4S/c1-2-7-15-13(4-1)19-12-5-10-18(11-6-12)14-16-8-3-9-17-14/h1-4,7-9,12H,5-6,10-11H2. The van der Waals surface area contributed by atoms with E-state index in [1.54, 1.807) is 12.4 Å². The maximum atomic E-state index is 4.37. The predicted octanol–water partition coefficient (Wildman–Crippen LogP) is 2.63. The minimum absolute atomic E-state index is 0.648. The summed E-state index contributed by atoms with van der Waals surface area (Å²) in [6.45, 7) is 2.04. The van der Waals surface area contributed by atoms with Crippen LogP contribution in [0, 0.1) is 0 Å². The van der Waals surface area contributed by atoms with Gasteiger partial charge in [0.2, 0.25) is 5.95 Å².